The summed E-state index contributed by atoms with van der Waals surface area (Å²) in [6.45, 7) is 4.64. The SMILES string of the molecule is CCOc1cc(/C=C2\C(=O)NC(=O)N(c3ccc(Cl)cc3)C2=O)cc(I)c1OCc1ccc(C)cc1. The van der Waals surface area contributed by atoms with Crippen LogP contribution >= 0.6 is 34.2 Å². The molecule has 1 aliphatic heterocycles. The third kappa shape index (κ3) is 5.71. The molecular weight excluding hydrogens is 595 g/mol. The lowest BCUT2D eigenvalue weighted by Crippen LogP contribution is -2.54. The zero-order valence-electron chi connectivity index (χ0n) is 19.5. The molecule has 4 rings (SSSR count). The molecule has 0 bridgehead atoms. The first-order valence-corrected chi connectivity index (χ1v) is 12.5. The first-order chi connectivity index (χ1) is 17.3. The molecule has 4 amide bonds. The van der Waals surface area contributed by atoms with Crippen LogP contribution in [-0.4, -0.2) is 24.5 Å². The van der Waals surface area contributed by atoms with E-state index in [9.17, 15) is 14.4 Å². The van der Waals surface area contributed by atoms with E-state index in [4.69, 9.17) is 21.1 Å². The Kier molecular flexibility index (Phi) is 7.95. The highest BCUT2D eigenvalue weighted by atomic mass is 127. The maximum atomic E-state index is 13.2. The molecule has 0 atom stereocenters. The van der Waals surface area contributed by atoms with Crippen LogP contribution < -0.4 is 19.7 Å². The lowest BCUT2D eigenvalue weighted by molar-refractivity contribution is -0.122. The molecule has 1 fully saturated rings. The zero-order chi connectivity index (χ0) is 25.8. The number of amides is 4. The number of nitrogens with one attached hydrogen (secondary N) is 1. The van der Waals surface area contributed by atoms with Crippen LogP contribution in [0.4, 0.5) is 10.5 Å². The van der Waals surface area contributed by atoms with Crippen molar-refractivity contribution in [3.05, 3.63) is 91.5 Å². The monoisotopic (exact) mass is 616 g/mol. The first-order valence-electron chi connectivity index (χ1n) is 11.1. The van der Waals surface area contributed by atoms with Crippen LogP contribution in [0.15, 0.2) is 66.2 Å². The van der Waals surface area contributed by atoms with Crippen LogP contribution in [0.1, 0.15) is 23.6 Å². The lowest BCUT2D eigenvalue weighted by Gasteiger charge is -2.26. The number of carbonyl (C=O) groups excluding carboxylic acids is 3. The fourth-order valence-corrected chi connectivity index (χ4v) is 4.47. The van der Waals surface area contributed by atoms with Gasteiger partial charge in [0.25, 0.3) is 11.8 Å². The van der Waals surface area contributed by atoms with E-state index < -0.39 is 17.8 Å². The Morgan fingerprint density at radius 2 is 1.69 bits per heavy atom. The molecule has 0 aliphatic carbocycles. The molecule has 9 heteroatoms. The number of hydrogen-bond acceptors (Lipinski definition) is 5. The fourth-order valence-electron chi connectivity index (χ4n) is 3.56. The minimum Gasteiger partial charge on any atom is -0.490 e. The summed E-state index contributed by atoms with van der Waals surface area (Å²) in [5.74, 6) is -0.461. The van der Waals surface area contributed by atoms with Gasteiger partial charge in [-0.15, -0.1) is 0 Å². The normalized spacial score (nSPS) is 14.7. The molecule has 1 heterocycles. The van der Waals surface area contributed by atoms with Gasteiger partial charge in [0, 0.05) is 5.02 Å². The number of anilines is 1. The molecule has 7 nitrogen and oxygen atoms in total. The number of nitrogens with zero attached hydrogens (tertiary/aromatic N) is 1. The van der Waals surface area contributed by atoms with Gasteiger partial charge >= 0.3 is 6.03 Å². The Labute approximate surface area is 227 Å². The van der Waals surface area contributed by atoms with Crippen molar-refractivity contribution in [2.45, 2.75) is 20.5 Å². The standard InChI is InChI=1S/C27H22ClIN2O5/c1-3-35-23-14-18(13-22(29)24(23)36-15-17-6-4-16(2)5-7-17)12-21-25(32)30-27(34)31(26(21)33)20-10-8-19(28)9-11-20/h4-14H,3,15H2,1-2H3,(H,30,32,34)/b21-12+. The molecule has 0 aromatic heterocycles. The number of urea groups is 1. The summed E-state index contributed by atoms with van der Waals surface area (Å²) in [6.07, 6.45) is 1.43. The second-order valence-corrected chi connectivity index (χ2v) is 9.57. The summed E-state index contributed by atoms with van der Waals surface area (Å²) < 4.78 is 12.6. The van der Waals surface area contributed by atoms with Crippen molar-refractivity contribution in [2.24, 2.45) is 0 Å². The number of aryl methyl sites for hydroxylation is 1. The maximum absolute atomic E-state index is 13.2. The van der Waals surface area contributed by atoms with Gasteiger partial charge in [-0.25, -0.2) is 9.69 Å². The summed E-state index contributed by atoms with van der Waals surface area (Å²) in [6, 6.07) is 16.9. The van der Waals surface area contributed by atoms with Gasteiger partial charge in [-0.2, -0.15) is 0 Å². The van der Waals surface area contributed by atoms with E-state index in [1.165, 1.54) is 23.8 Å². The van der Waals surface area contributed by atoms with E-state index in [-0.39, 0.29) is 5.57 Å². The predicted octanol–water partition coefficient (Wildman–Crippen LogP) is 5.90. The van der Waals surface area contributed by atoms with Crippen LogP contribution in [0.5, 0.6) is 11.5 Å². The minimum atomic E-state index is -0.825. The molecule has 0 radical (unpaired) electrons. The first kappa shape index (κ1) is 25.7. The summed E-state index contributed by atoms with van der Waals surface area (Å²) in [4.78, 5) is 39.1. The Bertz CT molecular complexity index is 1350. The van der Waals surface area contributed by atoms with E-state index in [2.05, 4.69) is 27.9 Å². The van der Waals surface area contributed by atoms with E-state index in [1.807, 2.05) is 38.1 Å². The Morgan fingerprint density at radius 3 is 2.36 bits per heavy atom. The number of barbiturate groups is 1. The van der Waals surface area contributed by atoms with E-state index in [0.717, 1.165) is 14.0 Å². The molecule has 36 heavy (non-hydrogen) atoms. The Morgan fingerprint density at radius 1 is 1.00 bits per heavy atom. The molecule has 1 N–H and O–H groups in total. The summed E-state index contributed by atoms with van der Waals surface area (Å²) >= 11 is 8.05. The van der Waals surface area contributed by atoms with E-state index >= 15 is 0 Å². The number of carbonyl (C=O) groups is 3. The second kappa shape index (κ2) is 11.1. The van der Waals surface area contributed by atoms with Crippen molar-refractivity contribution in [1.82, 2.24) is 5.32 Å². The molecule has 1 aliphatic rings. The highest BCUT2D eigenvalue weighted by Gasteiger charge is 2.36. The molecular formula is C27H22ClIN2O5. The Hall–Kier alpha value is -3.37. The van der Waals surface area contributed by atoms with Gasteiger partial charge in [0.15, 0.2) is 11.5 Å². The number of hydrogen-bond donors (Lipinski definition) is 1. The number of ether oxygens (including phenoxy) is 2. The smallest absolute Gasteiger partial charge is 0.335 e. The Balaban J connectivity index is 1.65. The molecule has 3 aromatic rings. The summed E-state index contributed by atoms with van der Waals surface area (Å²) in [5, 5.41) is 2.68. The number of benzene rings is 3. The molecule has 1 saturated heterocycles. The van der Waals surface area contributed by atoms with Crippen LogP contribution in [-0.2, 0) is 16.2 Å². The van der Waals surface area contributed by atoms with Crippen LogP contribution in [0.25, 0.3) is 6.08 Å². The van der Waals surface area contributed by atoms with Gasteiger partial charge in [0.2, 0.25) is 0 Å². The van der Waals surface area contributed by atoms with Gasteiger partial charge in [0.05, 0.1) is 15.9 Å². The van der Waals surface area contributed by atoms with Crippen molar-refractivity contribution in [3.63, 3.8) is 0 Å². The maximum Gasteiger partial charge on any atom is 0.335 e. The van der Waals surface area contributed by atoms with Gasteiger partial charge in [0.1, 0.15) is 12.2 Å². The van der Waals surface area contributed by atoms with E-state index in [1.54, 1.807) is 24.3 Å². The van der Waals surface area contributed by atoms with E-state index in [0.29, 0.717) is 41.0 Å². The highest BCUT2D eigenvalue weighted by Crippen LogP contribution is 2.36. The minimum absolute atomic E-state index is 0.184. The third-order valence-corrected chi connectivity index (χ3v) is 6.39. The number of halogens is 2. The van der Waals surface area contributed by atoms with Crippen LogP contribution in [0.2, 0.25) is 5.02 Å². The predicted molar refractivity (Wildman–Crippen MR) is 146 cm³/mol. The van der Waals surface area contributed by atoms with Crippen molar-refractivity contribution >= 4 is 63.8 Å². The van der Waals surface area contributed by atoms with Gasteiger partial charge in [-0.3, -0.25) is 14.9 Å². The summed E-state index contributed by atoms with van der Waals surface area (Å²) in [7, 11) is 0. The summed E-state index contributed by atoms with van der Waals surface area (Å²) in [5.41, 5.74) is 2.84. The molecule has 0 saturated carbocycles. The highest BCUT2D eigenvalue weighted by molar-refractivity contribution is 14.1. The third-order valence-electron chi connectivity index (χ3n) is 5.33. The molecule has 0 spiro atoms. The van der Waals surface area contributed by atoms with Gasteiger partial charge in [-0.05, 0) is 90.0 Å². The van der Waals surface area contributed by atoms with Gasteiger partial charge < -0.3 is 9.47 Å². The average molecular weight is 617 g/mol. The molecule has 184 valence electrons. The molecule has 0 unspecified atom stereocenters. The average Bonchev–Trinajstić information content (AvgIpc) is 2.83. The number of rotatable bonds is 7. The largest absolute Gasteiger partial charge is 0.490 e. The van der Waals surface area contributed by atoms with Crippen LogP contribution in [0.3, 0.4) is 0 Å². The topological polar surface area (TPSA) is 84.9 Å². The quantitative estimate of drug-likeness (QED) is 0.203. The van der Waals surface area contributed by atoms with Crippen molar-refractivity contribution in [2.75, 3.05) is 11.5 Å². The van der Waals surface area contributed by atoms with Crippen molar-refractivity contribution < 1.29 is 23.9 Å². The zero-order valence-corrected chi connectivity index (χ0v) is 22.4. The van der Waals surface area contributed by atoms with Crippen LogP contribution in [0, 0.1) is 10.5 Å². The lowest BCUT2D eigenvalue weighted by atomic mass is 10.1. The van der Waals surface area contributed by atoms with Crippen molar-refractivity contribution in [1.29, 1.82) is 0 Å². The van der Waals surface area contributed by atoms with Gasteiger partial charge in [-0.1, -0.05) is 41.4 Å². The molecule has 3 aromatic carbocycles. The number of imide groups is 2. The second-order valence-electron chi connectivity index (χ2n) is 7.97. The fraction of sp³-hybridized carbons (Fsp3) is 0.148. The van der Waals surface area contributed by atoms with Crippen molar-refractivity contribution in [3.8, 4) is 11.5 Å².